The smallest absolute Gasteiger partial charge is 0.203 e. The number of rotatable bonds is 6. The Morgan fingerprint density at radius 3 is 2.22 bits per heavy atom. The molecule has 0 saturated heterocycles. The molecule has 0 aliphatic heterocycles. The highest BCUT2D eigenvalue weighted by atomic mass is 32.1. The molecule has 4 nitrogen and oxygen atoms in total. The van der Waals surface area contributed by atoms with Crippen molar-refractivity contribution in [2.45, 2.75) is 13.3 Å². The van der Waals surface area contributed by atoms with Gasteiger partial charge in [0, 0.05) is 5.92 Å². The van der Waals surface area contributed by atoms with Crippen molar-refractivity contribution in [3.63, 3.8) is 0 Å². The largest absolute Gasteiger partial charge is 0.493 e. The van der Waals surface area contributed by atoms with Crippen molar-refractivity contribution in [2.24, 2.45) is 11.7 Å². The fraction of sp³-hybridized carbons (Fsp3) is 0.462. The normalized spacial score (nSPS) is 11.8. The zero-order valence-electron chi connectivity index (χ0n) is 11.1. The maximum absolute atomic E-state index is 5.64. The molecule has 1 aromatic rings. The van der Waals surface area contributed by atoms with Gasteiger partial charge in [-0.05, 0) is 18.1 Å². The minimum Gasteiger partial charge on any atom is -0.493 e. The molecule has 0 spiro atoms. The molecule has 0 saturated carbocycles. The highest BCUT2D eigenvalue weighted by Crippen LogP contribution is 2.40. The Labute approximate surface area is 113 Å². The van der Waals surface area contributed by atoms with E-state index in [9.17, 15) is 0 Å². The first kappa shape index (κ1) is 14.6. The number of nitrogens with two attached hydrogens (primary N) is 1. The lowest BCUT2D eigenvalue weighted by molar-refractivity contribution is 0.322. The maximum Gasteiger partial charge on any atom is 0.203 e. The summed E-state index contributed by atoms with van der Waals surface area (Å²) in [5.74, 6) is 2.00. The van der Waals surface area contributed by atoms with Crippen LogP contribution in [0.2, 0.25) is 0 Å². The Morgan fingerprint density at radius 1 is 1.17 bits per heavy atom. The van der Waals surface area contributed by atoms with Crippen molar-refractivity contribution in [1.29, 1.82) is 0 Å². The van der Waals surface area contributed by atoms with Crippen molar-refractivity contribution in [2.75, 3.05) is 21.3 Å². The molecular formula is C13H19NO3S. The van der Waals surface area contributed by atoms with Gasteiger partial charge in [-0.1, -0.05) is 25.2 Å². The molecule has 1 unspecified atom stereocenters. The molecule has 5 heteroatoms. The van der Waals surface area contributed by atoms with E-state index in [1.165, 1.54) is 0 Å². The zero-order valence-corrected chi connectivity index (χ0v) is 12.0. The van der Waals surface area contributed by atoms with Gasteiger partial charge in [-0.25, -0.2) is 0 Å². The second-order valence-electron chi connectivity index (χ2n) is 4.00. The van der Waals surface area contributed by atoms with Crippen LogP contribution in [0.3, 0.4) is 0 Å². The topological polar surface area (TPSA) is 53.7 Å². The molecular weight excluding hydrogens is 250 g/mol. The van der Waals surface area contributed by atoms with Crippen LogP contribution in [0.25, 0.3) is 0 Å². The molecule has 0 aliphatic carbocycles. The van der Waals surface area contributed by atoms with Crippen molar-refractivity contribution >= 4 is 17.2 Å². The van der Waals surface area contributed by atoms with Gasteiger partial charge < -0.3 is 19.9 Å². The van der Waals surface area contributed by atoms with E-state index in [1.807, 2.05) is 19.1 Å². The van der Waals surface area contributed by atoms with Gasteiger partial charge in [0.1, 0.15) is 0 Å². The first-order chi connectivity index (χ1) is 8.54. The van der Waals surface area contributed by atoms with Crippen molar-refractivity contribution < 1.29 is 14.2 Å². The SMILES string of the molecule is COc1ccc(CC(C)C(N)=S)c(OC)c1OC. The third-order valence-corrected chi connectivity index (χ3v) is 3.20. The van der Waals surface area contributed by atoms with E-state index in [0.29, 0.717) is 28.7 Å². The second kappa shape index (κ2) is 6.44. The molecule has 0 bridgehead atoms. The van der Waals surface area contributed by atoms with Crippen molar-refractivity contribution in [1.82, 2.24) is 0 Å². The summed E-state index contributed by atoms with van der Waals surface area (Å²) in [5, 5.41) is 0. The van der Waals surface area contributed by atoms with Gasteiger partial charge >= 0.3 is 0 Å². The minimum absolute atomic E-state index is 0.104. The lowest BCUT2D eigenvalue weighted by Crippen LogP contribution is -2.20. The molecule has 0 fully saturated rings. The Morgan fingerprint density at radius 2 is 1.78 bits per heavy atom. The molecule has 18 heavy (non-hydrogen) atoms. The Kier molecular flexibility index (Phi) is 5.22. The van der Waals surface area contributed by atoms with Gasteiger partial charge in [0.05, 0.1) is 26.3 Å². The summed E-state index contributed by atoms with van der Waals surface area (Å²) in [6.45, 7) is 1.98. The molecule has 0 radical (unpaired) electrons. The van der Waals surface area contributed by atoms with Crippen LogP contribution in [0.15, 0.2) is 12.1 Å². The predicted octanol–water partition coefficient (Wildman–Crippen LogP) is 2.18. The molecule has 0 aromatic heterocycles. The number of hydrogen-bond acceptors (Lipinski definition) is 4. The van der Waals surface area contributed by atoms with Crippen LogP contribution in [0.4, 0.5) is 0 Å². The monoisotopic (exact) mass is 269 g/mol. The highest BCUT2D eigenvalue weighted by Gasteiger charge is 2.18. The average molecular weight is 269 g/mol. The molecule has 0 amide bonds. The van der Waals surface area contributed by atoms with Gasteiger partial charge in [-0.15, -0.1) is 0 Å². The van der Waals surface area contributed by atoms with E-state index in [2.05, 4.69) is 0 Å². The van der Waals surface area contributed by atoms with Gasteiger partial charge in [-0.2, -0.15) is 0 Å². The third kappa shape index (κ3) is 3.04. The fourth-order valence-corrected chi connectivity index (χ4v) is 1.84. The summed E-state index contributed by atoms with van der Waals surface area (Å²) in [6, 6.07) is 3.79. The van der Waals surface area contributed by atoms with E-state index >= 15 is 0 Å². The second-order valence-corrected chi connectivity index (χ2v) is 4.47. The summed E-state index contributed by atoms with van der Waals surface area (Å²) in [6.07, 6.45) is 0.707. The van der Waals surface area contributed by atoms with Crippen molar-refractivity contribution in [3.8, 4) is 17.2 Å². The van der Waals surface area contributed by atoms with Crippen LogP contribution < -0.4 is 19.9 Å². The standard InChI is InChI=1S/C13H19NO3S/c1-8(13(14)18)7-9-5-6-10(15-2)12(17-4)11(9)16-3/h5-6,8H,7H2,1-4H3,(H2,14,18). The van der Waals surface area contributed by atoms with E-state index in [1.54, 1.807) is 21.3 Å². The van der Waals surface area contributed by atoms with Gasteiger partial charge in [-0.3, -0.25) is 0 Å². The molecule has 1 atom stereocenters. The van der Waals surface area contributed by atoms with E-state index in [0.717, 1.165) is 5.56 Å². The first-order valence-electron chi connectivity index (χ1n) is 5.62. The quantitative estimate of drug-likeness (QED) is 0.802. The number of ether oxygens (including phenoxy) is 3. The number of benzene rings is 1. The van der Waals surface area contributed by atoms with Crippen LogP contribution >= 0.6 is 12.2 Å². The molecule has 1 rings (SSSR count). The first-order valence-corrected chi connectivity index (χ1v) is 6.03. The Hall–Kier alpha value is -1.49. The van der Waals surface area contributed by atoms with E-state index in [-0.39, 0.29) is 5.92 Å². The number of hydrogen-bond donors (Lipinski definition) is 1. The predicted molar refractivity (Wildman–Crippen MR) is 75.8 cm³/mol. The maximum atomic E-state index is 5.64. The average Bonchev–Trinajstić information content (AvgIpc) is 2.37. The lowest BCUT2D eigenvalue weighted by Gasteiger charge is -2.17. The van der Waals surface area contributed by atoms with E-state index < -0.39 is 0 Å². The number of thiocarbonyl (C=S) groups is 1. The zero-order chi connectivity index (χ0) is 13.7. The third-order valence-electron chi connectivity index (χ3n) is 2.80. The molecule has 1 aromatic carbocycles. The van der Waals surface area contributed by atoms with Crippen LogP contribution in [0, 0.1) is 5.92 Å². The van der Waals surface area contributed by atoms with Crippen LogP contribution in [-0.4, -0.2) is 26.3 Å². The van der Waals surface area contributed by atoms with Crippen LogP contribution in [0.5, 0.6) is 17.2 Å². The van der Waals surface area contributed by atoms with Gasteiger partial charge in [0.15, 0.2) is 11.5 Å². The van der Waals surface area contributed by atoms with Crippen LogP contribution in [0.1, 0.15) is 12.5 Å². The molecule has 0 aliphatic rings. The molecule has 100 valence electrons. The lowest BCUT2D eigenvalue weighted by atomic mass is 9.99. The fourth-order valence-electron chi connectivity index (χ4n) is 1.75. The summed E-state index contributed by atoms with van der Waals surface area (Å²) in [4.78, 5) is 0.492. The minimum atomic E-state index is 0.104. The van der Waals surface area contributed by atoms with E-state index in [4.69, 9.17) is 32.2 Å². The molecule has 2 N–H and O–H groups in total. The number of methoxy groups -OCH3 is 3. The van der Waals surface area contributed by atoms with Crippen molar-refractivity contribution in [3.05, 3.63) is 17.7 Å². The molecule has 0 heterocycles. The summed E-state index contributed by atoms with van der Waals surface area (Å²) < 4.78 is 16.0. The summed E-state index contributed by atoms with van der Waals surface area (Å²) in [5.41, 5.74) is 6.63. The summed E-state index contributed by atoms with van der Waals surface area (Å²) in [7, 11) is 4.78. The van der Waals surface area contributed by atoms with Crippen LogP contribution in [-0.2, 0) is 6.42 Å². The van der Waals surface area contributed by atoms with Gasteiger partial charge in [0.2, 0.25) is 5.75 Å². The highest BCUT2D eigenvalue weighted by molar-refractivity contribution is 7.80. The Balaban J connectivity index is 3.16. The van der Waals surface area contributed by atoms with Gasteiger partial charge in [0.25, 0.3) is 0 Å². The summed E-state index contributed by atoms with van der Waals surface area (Å²) >= 11 is 4.99. The Bertz CT molecular complexity index is 434.